The van der Waals surface area contributed by atoms with Gasteiger partial charge in [0.05, 0.1) is 15.9 Å². The third kappa shape index (κ3) is 5.20. The fourth-order valence-electron chi connectivity index (χ4n) is 3.38. The summed E-state index contributed by atoms with van der Waals surface area (Å²) in [5.74, 6) is -0.611. The lowest BCUT2D eigenvalue weighted by Crippen LogP contribution is -2.37. The Kier molecular flexibility index (Phi) is 6.91. The lowest BCUT2D eigenvalue weighted by atomic mass is 10.1. The van der Waals surface area contributed by atoms with E-state index in [1.807, 2.05) is 37.3 Å². The van der Waals surface area contributed by atoms with Crippen molar-refractivity contribution < 1.29 is 22.9 Å². The number of hydrogen-bond acceptors (Lipinski definition) is 6. The van der Waals surface area contributed by atoms with Crippen LogP contribution in [0.25, 0.3) is 0 Å². The van der Waals surface area contributed by atoms with Crippen LogP contribution in [0.2, 0.25) is 0 Å². The van der Waals surface area contributed by atoms with Crippen LogP contribution >= 0.6 is 0 Å². The summed E-state index contributed by atoms with van der Waals surface area (Å²) < 4.78 is 32.3. The quantitative estimate of drug-likeness (QED) is 0.491. The predicted octanol–water partition coefficient (Wildman–Crippen LogP) is 3.02. The minimum atomic E-state index is -3.81. The second kappa shape index (κ2) is 9.44. The van der Waals surface area contributed by atoms with E-state index in [0.717, 1.165) is 24.5 Å². The molecule has 31 heavy (non-hydrogen) atoms. The van der Waals surface area contributed by atoms with Crippen LogP contribution in [0.15, 0.2) is 53.4 Å². The van der Waals surface area contributed by atoms with Crippen LogP contribution in [0, 0.1) is 10.1 Å². The molecular weight excluding hydrogens is 422 g/mol. The lowest BCUT2D eigenvalue weighted by Gasteiger charge is -2.19. The SMILES string of the molecule is C[C@H](Oc1ccc(S(=O)(=O)N2CCCC2)cc1[N+](=O)[O-])C(=O)N[C@@H](C)c1ccccc1. The molecule has 0 aliphatic carbocycles. The molecule has 2 aromatic carbocycles. The number of carbonyl (C=O) groups is 1. The van der Waals surface area contributed by atoms with Gasteiger partial charge in [0.15, 0.2) is 11.9 Å². The zero-order chi connectivity index (χ0) is 22.6. The Balaban J connectivity index is 1.76. The number of nitrogens with one attached hydrogen (secondary N) is 1. The van der Waals surface area contributed by atoms with Crippen LogP contribution in [0.1, 0.15) is 38.3 Å². The molecule has 0 saturated carbocycles. The number of amides is 1. The van der Waals surface area contributed by atoms with Crippen LogP contribution in [0.3, 0.4) is 0 Å². The van der Waals surface area contributed by atoms with Crippen LogP contribution in [0.5, 0.6) is 5.75 Å². The highest BCUT2D eigenvalue weighted by Crippen LogP contribution is 2.32. The van der Waals surface area contributed by atoms with Gasteiger partial charge in [0.1, 0.15) is 0 Å². The second-order valence-corrected chi connectivity index (χ2v) is 9.34. The standard InChI is InChI=1S/C21H25N3O6S/c1-15(17-8-4-3-5-9-17)22-21(25)16(2)30-20-11-10-18(14-19(20)24(26)27)31(28,29)23-12-6-7-13-23/h3-5,8-11,14-16H,6-7,12-13H2,1-2H3,(H,22,25)/t15-,16-/m0/s1. The molecule has 0 aromatic heterocycles. The van der Waals surface area contributed by atoms with E-state index in [-0.39, 0.29) is 16.7 Å². The first-order chi connectivity index (χ1) is 14.7. The van der Waals surface area contributed by atoms with Crippen LogP contribution < -0.4 is 10.1 Å². The van der Waals surface area contributed by atoms with Gasteiger partial charge in [0, 0.05) is 19.2 Å². The Morgan fingerprint density at radius 1 is 1.13 bits per heavy atom. The molecular formula is C21H25N3O6S. The molecule has 1 aliphatic rings. The van der Waals surface area contributed by atoms with E-state index in [2.05, 4.69) is 5.32 Å². The van der Waals surface area contributed by atoms with Crippen LogP contribution in [-0.4, -0.2) is 42.7 Å². The summed E-state index contributed by atoms with van der Waals surface area (Å²) in [5, 5.41) is 14.4. The maximum atomic E-state index is 12.7. The molecule has 10 heteroatoms. The van der Waals surface area contributed by atoms with Gasteiger partial charge in [-0.2, -0.15) is 4.31 Å². The normalized spacial score (nSPS) is 16.5. The van der Waals surface area contributed by atoms with Gasteiger partial charge in [-0.3, -0.25) is 14.9 Å². The number of sulfonamides is 1. The summed E-state index contributed by atoms with van der Waals surface area (Å²) in [6.45, 7) is 4.09. The lowest BCUT2D eigenvalue weighted by molar-refractivity contribution is -0.386. The molecule has 1 aliphatic heterocycles. The highest BCUT2D eigenvalue weighted by molar-refractivity contribution is 7.89. The van der Waals surface area contributed by atoms with Crippen molar-refractivity contribution in [2.75, 3.05) is 13.1 Å². The summed E-state index contributed by atoms with van der Waals surface area (Å²) in [6, 6.07) is 12.6. The Bertz CT molecular complexity index is 1050. The van der Waals surface area contributed by atoms with E-state index >= 15 is 0 Å². The Morgan fingerprint density at radius 2 is 1.77 bits per heavy atom. The van der Waals surface area contributed by atoms with Crippen molar-refractivity contribution in [3.05, 3.63) is 64.2 Å². The van der Waals surface area contributed by atoms with Crippen molar-refractivity contribution in [3.8, 4) is 5.75 Å². The molecule has 0 radical (unpaired) electrons. The van der Waals surface area contributed by atoms with E-state index in [1.165, 1.54) is 23.4 Å². The molecule has 1 fully saturated rings. The van der Waals surface area contributed by atoms with Crippen molar-refractivity contribution in [2.24, 2.45) is 0 Å². The molecule has 0 spiro atoms. The molecule has 1 saturated heterocycles. The fraction of sp³-hybridized carbons (Fsp3) is 0.381. The molecule has 1 N–H and O–H groups in total. The average Bonchev–Trinajstić information content (AvgIpc) is 3.30. The van der Waals surface area contributed by atoms with Gasteiger partial charge in [0.2, 0.25) is 10.0 Å². The molecule has 0 unspecified atom stereocenters. The zero-order valence-electron chi connectivity index (χ0n) is 17.4. The van der Waals surface area contributed by atoms with Crippen LogP contribution in [0.4, 0.5) is 5.69 Å². The van der Waals surface area contributed by atoms with Gasteiger partial charge in [-0.25, -0.2) is 8.42 Å². The summed E-state index contributed by atoms with van der Waals surface area (Å²) in [7, 11) is -3.81. The Morgan fingerprint density at radius 3 is 2.39 bits per heavy atom. The highest BCUT2D eigenvalue weighted by atomic mass is 32.2. The molecule has 3 rings (SSSR count). The third-order valence-electron chi connectivity index (χ3n) is 5.16. The van der Waals surface area contributed by atoms with E-state index in [4.69, 9.17) is 4.74 Å². The zero-order valence-corrected chi connectivity index (χ0v) is 18.2. The minimum Gasteiger partial charge on any atom is -0.474 e. The molecule has 2 atom stereocenters. The van der Waals surface area contributed by atoms with Crippen molar-refractivity contribution in [3.63, 3.8) is 0 Å². The monoisotopic (exact) mass is 447 g/mol. The molecule has 2 aromatic rings. The van der Waals surface area contributed by atoms with Gasteiger partial charge < -0.3 is 10.1 Å². The largest absolute Gasteiger partial charge is 0.474 e. The maximum absolute atomic E-state index is 12.7. The highest BCUT2D eigenvalue weighted by Gasteiger charge is 2.30. The maximum Gasteiger partial charge on any atom is 0.312 e. The van der Waals surface area contributed by atoms with Gasteiger partial charge >= 0.3 is 5.69 Å². The van der Waals surface area contributed by atoms with E-state index < -0.39 is 32.6 Å². The van der Waals surface area contributed by atoms with E-state index in [0.29, 0.717) is 13.1 Å². The average molecular weight is 448 g/mol. The van der Waals surface area contributed by atoms with Gasteiger partial charge in [0.25, 0.3) is 5.91 Å². The van der Waals surface area contributed by atoms with Crippen molar-refractivity contribution in [2.45, 2.75) is 43.7 Å². The summed E-state index contributed by atoms with van der Waals surface area (Å²) >= 11 is 0. The number of benzene rings is 2. The number of rotatable bonds is 8. The molecule has 166 valence electrons. The molecule has 1 amide bonds. The van der Waals surface area contributed by atoms with E-state index in [1.54, 1.807) is 0 Å². The number of nitrogens with zero attached hydrogens (tertiary/aromatic N) is 2. The molecule has 9 nitrogen and oxygen atoms in total. The first-order valence-electron chi connectivity index (χ1n) is 10.0. The number of carbonyl (C=O) groups excluding carboxylic acids is 1. The van der Waals surface area contributed by atoms with Crippen molar-refractivity contribution in [1.82, 2.24) is 9.62 Å². The topological polar surface area (TPSA) is 119 Å². The van der Waals surface area contributed by atoms with Gasteiger partial charge in [-0.15, -0.1) is 0 Å². The second-order valence-electron chi connectivity index (χ2n) is 7.40. The van der Waals surface area contributed by atoms with Crippen molar-refractivity contribution >= 4 is 21.6 Å². The molecule has 1 heterocycles. The number of nitro groups is 1. The third-order valence-corrected chi connectivity index (χ3v) is 7.06. The van der Waals surface area contributed by atoms with Crippen molar-refractivity contribution in [1.29, 1.82) is 0 Å². The number of hydrogen-bond donors (Lipinski definition) is 1. The summed E-state index contributed by atoms with van der Waals surface area (Å²) in [6.07, 6.45) is 0.499. The predicted molar refractivity (Wildman–Crippen MR) is 114 cm³/mol. The number of ether oxygens (including phenoxy) is 1. The fourth-order valence-corrected chi connectivity index (χ4v) is 4.91. The van der Waals surface area contributed by atoms with Gasteiger partial charge in [-0.1, -0.05) is 30.3 Å². The Labute approximate surface area is 181 Å². The number of nitro benzene ring substituents is 1. The molecule has 0 bridgehead atoms. The first kappa shape index (κ1) is 22.7. The van der Waals surface area contributed by atoms with Crippen LogP contribution in [-0.2, 0) is 14.8 Å². The minimum absolute atomic E-state index is 0.164. The van der Waals surface area contributed by atoms with Gasteiger partial charge in [-0.05, 0) is 44.4 Å². The summed E-state index contributed by atoms with van der Waals surface area (Å²) in [5.41, 5.74) is 0.404. The van der Waals surface area contributed by atoms with E-state index in [9.17, 15) is 23.3 Å². The Hall–Kier alpha value is -2.98. The summed E-state index contributed by atoms with van der Waals surface area (Å²) in [4.78, 5) is 23.2. The smallest absolute Gasteiger partial charge is 0.312 e. The first-order valence-corrected chi connectivity index (χ1v) is 11.4.